The van der Waals surface area contributed by atoms with Crippen LogP contribution in [0.15, 0.2) is 0 Å². The van der Waals surface area contributed by atoms with Gasteiger partial charge in [-0.2, -0.15) is 0 Å². The Morgan fingerprint density at radius 3 is 2.47 bits per heavy atom. The predicted molar refractivity (Wildman–Crippen MR) is 58.1 cm³/mol. The molecule has 1 amide bonds. The monoisotopic (exact) mass is 265 g/mol. The van der Waals surface area contributed by atoms with Crippen molar-refractivity contribution < 1.29 is 28.2 Å². The number of carboxylic acids is 1. The van der Waals surface area contributed by atoms with Gasteiger partial charge in [-0.05, 0) is 0 Å². The van der Waals surface area contributed by atoms with E-state index in [1.54, 1.807) is 0 Å². The number of likely N-dealkylation sites (tertiary alicyclic amines) is 1. The first-order valence-corrected chi connectivity index (χ1v) is 7.15. The maximum absolute atomic E-state index is 11.6. The van der Waals surface area contributed by atoms with Crippen molar-refractivity contribution in [3.8, 4) is 0 Å². The first-order valence-electron chi connectivity index (χ1n) is 5.09. The van der Waals surface area contributed by atoms with Gasteiger partial charge in [0.05, 0.1) is 11.9 Å². The van der Waals surface area contributed by atoms with Crippen LogP contribution in [0.3, 0.4) is 0 Å². The van der Waals surface area contributed by atoms with Crippen molar-refractivity contribution in [2.75, 3.05) is 18.6 Å². The van der Waals surface area contributed by atoms with E-state index in [2.05, 4.69) is 0 Å². The van der Waals surface area contributed by atoms with Gasteiger partial charge in [0.1, 0.15) is 15.9 Å². The summed E-state index contributed by atoms with van der Waals surface area (Å²) in [5.74, 6) is -2.06. The molecule has 1 heterocycles. The molecule has 1 fully saturated rings. The Kier molecular flexibility index (Phi) is 4.10. The number of nitrogens with zero attached hydrogens (tertiary/aromatic N) is 1. The van der Waals surface area contributed by atoms with E-state index in [-0.39, 0.29) is 25.1 Å². The van der Waals surface area contributed by atoms with Crippen LogP contribution in [0.1, 0.15) is 12.8 Å². The Bertz CT molecular complexity index is 417. The number of hydrogen-bond donors (Lipinski definition) is 2. The molecule has 0 radical (unpaired) electrons. The van der Waals surface area contributed by atoms with Crippen LogP contribution in [0, 0.1) is 0 Å². The molecule has 1 rings (SSSR count). The Balaban J connectivity index is 2.65. The molecule has 98 valence electrons. The quantitative estimate of drug-likeness (QED) is 0.637. The van der Waals surface area contributed by atoms with Crippen LogP contribution in [-0.2, 0) is 19.4 Å². The average molecular weight is 265 g/mol. The number of aliphatic hydroxyl groups is 1. The highest BCUT2D eigenvalue weighted by atomic mass is 32.2. The van der Waals surface area contributed by atoms with Gasteiger partial charge >= 0.3 is 5.97 Å². The number of aliphatic carboxylic acids is 1. The Morgan fingerprint density at radius 1 is 1.41 bits per heavy atom. The average Bonchev–Trinajstić information content (AvgIpc) is 2.55. The van der Waals surface area contributed by atoms with E-state index in [1.165, 1.54) is 0 Å². The number of rotatable bonds is 4. The molecule has 0 aromatic rings. The number of sulfone groups is 1. The summed E-state index contributed by atoms with van der Waals surface area (Å²) in [5.41, 5.74) is 0. The third-order valence-electron chi connectivity index (χ3n) is 2.57. The minimum Gasteiger partial charge on any atom is -0.480 e. The van der Waals surface area contributed by atoms with Gasteiger partial charge < -0.3 is 15.1 Å². The van der Waals surface area contributed by atoms with Gasteiger partial charge in [0.25, 0.3) is 0 Å². The standard InChI is InChI=1S/C9H15NO6S/c1-17(15,16)3-2-8(12)10-5-6(11)4-7(10)9(13)14/h6-7,11H,2-5H2,1H3,(H,13,14). The summed E-state index contributed by atoms with van der Waals surface area (Å²) in [6.45, 7) is -0.0560. The zero-order chi connectivity index (χ0) is 13.2. The lowest BCUT2D eigenvalue weighted by Gasteiger charge is -2.20. The molecule has 1 aliphatic rings. The number of carbonyl (C=O) groups is 2. The lowest BCUT2D eigenvalue weighted by molar-refractivity contribution is -0.148. The molecule has 17 heavy (non-hydrogen) atoms. The first kappa shape index (κ1) is 13.9. The lowest BCUT2D eigenvalue weighted by Crippen LogP contribution is -2.41. The van der Waals surface area contributed by atoms with E-state index in [9.17, 15) is 23.1 Å². The summed E-state index contributed by atoms with van der Waals surface area (Å²) in [5, 5.41) is 18.2. The van der Waals surface area contributed by atoms with Crippen LogP contribution >= 0.6 is 0 Å². The summed E-state index contributed by atoms with van der Waals surface area (Å²) in [7, 11) is -3.26. The van der Waals surface area contributed by atoms with E-state index in [4.69, 9.17) is 5.11 Å². The molecular formula is C9H15NO6S. The Labute approximate surface area is 98.9 Å². The van der Waals surface area contributed by atoms with Crippen LogP contribution in [0.25, 0.3) is 0 Å². The molecule has 0 saturated carbocycles. The fraction of sp³-hybridized carbons (Fsp3) is 0.778. The topological polar surface area (TPSA) is 112 Å². The van der Waals surface area contributed by atoms with Gasteiger partial charge in [-0.3, -0.25) is 4.79 Å². The van der Waals surface area contributed by atoms with Crippen molar-refractivity contribution in [2.45, 2.75) is 25.0 Å². The molecule has 0 aromatic heterocycles. The van der Waals surface area contributed by atoms with Crippen LogP contribution < -0.4 is 0 Å². The number of hydrogen-bond acceptors (Lipinski definition) is 5. The van der Waals surface area contributed by atoms with Crippen molar-refractivity contribution in [1.29, 1.82) is 0 Å². The van der Waals surface area contributed by atoms with Crippen molar-refractivity contribution in [1.82, 2.24) is 4.90 Å². The van der Waals surface area contributed by atoms with E-state index in [1.807, 2.05) is 0 Å². The minimum atomic E-state index is -3.26. The summed E-state index contributed by atoms with van der Waals surface area (Å²) in [6.07, 6.45) is -0.124. The molecule has 2 unspecified atom stereocenters. The molecule has 2 N–H and O–H groups in total. The minimum absolute atomic E-state index is 0.0139. The number of carbonyl (C=O) groups excluding carboxylic acids is 1. The molecule has 2 atom stereocenters. The van der Waals surface area contributed by atoms with Crippen molar-refractivity contribution in [3.05, 3.63) is 0 Å². The van der Waals surface area contributed by atoms with Gasteiger partial charge in [-0.15, -0.1) is 0 Å². The van der Waals surface area contributed by atoms with Crippen LogP contribution in [0.5, 0.6) is 0 Å². The van der Waals surface area contributed by atoms with Gasteiger partial charge in [-0.1, -0.05) is 0 Å². The second-order valence-corrected chi connectivity index (χ2v) is 6.43. The predicted octanol–water partition coefficient (Wildman–Crippen LogP) is -1.53. The third-order valence-corrected chi connectivity index (χ3v) is 3.52. The maximum atomic E-state index is 11.6. The normalized spacial score (nSPS) is 24.9. The number of β-amino-alcohol motifs (C(OH)–C–C–N with tert-alkyl or cyclic N) is 1. The van der Waals surface area contributed by atoms with E-state index in [0.29, 0.717) is 0 Å². The highest BCUT2D eigenvalue weighted by Crippen LogP contribution is 2.19. The third kappa shape index (κ3) is 3.97. The maximum Gasteiger partial charge on any atom is 0.326 e. The van der Waals surface area contributed by atoms with Crippen LogP contribution in [0.4, 0.5) is 0 Å². The van der Waals surface area contributed by atoms with Gasteiger partial charge in [0, 0.05) is 25.6 Å². The summed E-state index contributed by atoms with van der Waals surface area (Å²) < 4.78 is 21.8. The van der Waals surface area contributed by atoms with Crippen molar-refractivity contribution >= 4 is 21.7 Å². The molecule has 0 aromatic carbocycles. The van der Waals surface area contributed by atoms with Crippen LogP contribution in [0.2, 0.25) is 0 Å². The molecule has 0 spiro atoms. The van der Waals surface area contributed by atoms with E-state index in [0.717, 1.165) is 11.2 Å². The molecule has 7 nitrogen and oxygen atoms in total. The van der Waals surface area contributed by atoms with E-state index >= 15 is 0 Å². The fourth-order valence-electron chi connectivity index (χ4n) is 1.74. The van der Waals surface area contributed by atoms with Gasteiger partial charge in [0.15, 0.2) is 0 Å². The molecule has 0 aliphatic carbocycles. The van der Waals surface area contributed by atoms with Crippen molar-refractivity contribution in [3.63, 3.8) is 0 Å². The van der Waals surface area contributed by atoms with Gasteiger partial charge in [-0.25, -0.2) is 13.2 Å². The molecular weight excluding hydrogens is 250 g/mol. The lowest BCUT2D eigenvalue weighted by atomic mass is 10.2. The largest absolute Gasteiger partial charge is 0.480 e. The second-order valence-electron chi connectivity index (χ2n) is 4.17. The molecule has 1 aliphatic heterocycles. The van der Waals surface area contributed by atoms with Crippen LogP contribution in [-0.4, -0.2) is 66.1 Å². The summed E-state index contributed by atoms with van der Waals surface area (Å²) in [6, 6.07) is -1.06. The molecule has 1 saturated heterocycles. The smallest absolute Gasteiger partial charge is 0.326 e. The number of carboxylic acid groups (broad SMARTS) is 1. The first-order chi connectivity index (χ1) is 7.70. The number of aliphatic hydroxyl groups excluding tert-OH is 1. The second kappa shape index (κ2) is 5.01. The highest BCUT2D eigenvalue weighted by molar-refractivity contribution is 7.90. The summed E-state index contributed by atoms with van der Waals surface area (Å²) >= 11 is 0. The zero-order valence-corrected chi connectivity index (χ0v) is 10.2. The number of amides is 1. The fourth-order valence-corrected chi connectivity index (χ4v) is 2.29. The van der Waals surface area contributed by atoms with E-state index < -0.39 is 33.9 Å². The zero-order valence-electron chi connectivity index (χ0n) is 9.37. The van der Waals surface area contributed by atoms with Crippen molar-refractivity contribution in [2.24, 2.45) is 0 Å². The summed E-state index contributed by atoms with van der Waals surface area (Å²) in [4.78, 5) is 23.5. The molecule has 8 heteroatoms. The SMILES string of the molecule is CS(=O)(=O)CCC(=O)N1CC(O)CC1C(=O)O. The Hall–Kier alpha value is -1.15. The Morgan fingerprint density at radius 2 is 2.00 bits per heavy atom. The molecule has 0 bridgehead atoms. The highest BCUT2D eigenvalue weighted by Gasteiger charge is 2.38. The van der Waals surface area contributed by atoms with Gasteiger partial charge in [0.2, 0.25) is 5.91 Å².